The first-order valence-electron chi connectivity index (χ1n) is 4.08. The first-order valence-corrected chi connectivity index (χ1v) is 5.41. The molecule has 0 saturated heterocycles. The summed E-state index contributed by atoms with van der Waals surface area (Å²) >= 11 is 2.14. The van der Waals surface area contributed by atoms with Crippen molar-refractivity contribution in [3.05, 3.63) is 41.8 Å². The van der Waals surface area contributed by atoms with E-state index in [-0.39, 0.29) is 0 Å². The van der Waals surface area contributed by atoms with Crippen molar-refractivity contribution in [2.75, 3.05) is 0 Å². The van der Waals surface area contributed by atoms with E-state index in [4.69, 9.17) is 15.8 Å². The number of H-pyrrole nitrogens is 1. The molecule has 0 radical (unpaired) electrons. The van der Waals surface area contributed by atoms with Gasteiger partial charge < -0.3 is 4.98 Å². The Hall–Kier alpha value is -1.27. The minimum atomic E-state index is -3.61. The largest absolute Gasteiger partial charge is 0.385 e. The molecule has 0 atom stereocenters. The number of aromatic nitrogens is 2. The van der Waals surface area contributed by atoms with Crippen molar-refractivity contribution in [2.45, 2.75) is 0 Å². The summed E-state index contributed by atoms with van der Waals surface area (Å²) in [4.78, 5) is 6.95. The normalized spacial score (nSPS) is 9.75. The number of hydrogen-bond acceptors (Lipinski definition) is 2. The van der Waals surface area contributed by atoms with Gasteiger partial charge in [-0.2, -0.15) is 4.21 Å². The van der Waals surface area contributed by atoms with Crippen LogP contribution in [-0.4, -0.2) is 14.2 Å². The third kappa shape index (κ3) is 4.50. The van der Waals surface area contributed by atoms with E-state index < -0.39 is 11.6 Å². The van der Waals surface area contributed by atoms with Crippen molar-refractivity contribution in [2.24, 2.45) is 0 Å². The van der Waals surface area contributed by atoms with Crippen LogP contribution in [0.25, 0.3) is 11.3 Å². The lowest BCUT2D eigenvalue weighted by Gasteiger charge is -1.95. The van der Waals surface area contributed by atoms with Crippen LogP contribution in [-0.2, 0) is 11.6 Å². The summed E-state index contributed by atoms with van der Waals surface area (Å²) in [6.07, 6.45) is 3.44. The first-order chi connectivity index (χ1) is 7.59. The summed E-state index contributed by atoms with van der Waals surface area (Å²) in [5.41, 5.74) is 2.10. The van der Waals surface area contributed by atoms with E-state index in [1.165, 1.54) is 0 Å². The number of aromatic amines is 1. The summed E-state index contributed by atoms with van der Waals surface area (Å²) in [6.45, 7) is 0. The molecule has 7 heteroatoms. The van der Waals surface area contributed by atoms with Crippen LogP contribution in [0.4, 0.5) is 7.77 Å². The Labute approximate surface area is 98.5 Å². The molecule has 3 nitrogen and oxygen atoms in total. The highest BCUT2D eigenvalue weighted by atomic mass is 35.5. The maximum absolute atomic E-state index is 9.81. The average Bonchev–Trinajstić information content (AvgIpc) is 2.71. The zero-order chi connectivity index (χ0) is 12.0. The predicted molar refractivity (Wildman–Crippen MR) is 59.4 cm³/mol. The molecule has 0 aliphatic carbocycles. The van der Waals surface area contributed by atoms with Crippen molar-refractivity contribution in [1.82, 2.24) is 9.97 Å². The molecule has 0 aliphatic heterocycles. The second kappa shape index (κ2) is 6.34. The lowest BCUT2D eigenvalue weighted by atomic mass is 10.2. The number of nitrogens with one attached hydrogen (secondary N) is 1. The number of imidazole rings is 1. The van der Waals surface area contributed by atoms with Gasteiger partial charge in [0.2, 0.25) is 0 Å². The fourth-order valence-electron chi connectivity index (χ4n) is 1.04. The SMILES string of the molecule is Clc1ccc(-c2cnc[nH]2)cc1.O=S(F)F. The van der Waals surface area contributed by atoms with Crippen LogP contribution in [0, 0.1) is 0 Å². The highest BCUT2D eigenvalue weighted by Crippen LogP contribution is 2.18. The lowest BCUT2D eigenvalue weighted by molar-refractivity contribution is 0.602. The first kappa shape index (κ1) is 12.8. The zero-order valence-corrected chi connectivity index (χ0v) is 9.43. The van der Waals surface area contributed by atoms with E-state index in [9.17, 15) is 7.77 Å². The Bertz CT molecular complexity index is 443. The number of benzene rings is 1. The molecule has 16 heavy (non-hydrogen) atoms. The molecule has 1 N–H and O–H groups in total. The highest BCUT2D eigenvalue weighted by molar-refractivity contribution is 7.74. The number of nitrogens with zero attached hydrogens (tertiary/aromatic N) is 1. The van der Waals surface area contributed by atoms with E-state index >= 15 is 0 Å². The Morgan fingerprint density at radius 3 is 2.25 bits per heavy atom. The second-order valence-electron chi connectivity index (χ2n) is 2.66. The van der Waals surface area contributed by atoms with Gasteiger partial charge in [-0.25, -0.2) is 4.98 Å². The van der Waals surface area contributed by atoms with Crippen LogP contribution < -0.4 is 0 Å². The van der Waals surface area contributed by atoms with Crippen LogP contribution in [0.3, 0.4) is 0 Å². The quantitative estimate of drug-likeness (QED) is 0.804. The molecule has 0 unspecified atom stereocenters. The molecule has 1 aromatic carbocycles. The number of rotatable bonds is 1. The van der Waals surface area contributed by atoms with Gasteiger partial charge in [0, 0.05) is 5.02 Å². The van der Waals surface area contributed by atoms with E-state index in [0.717, 1.165) is 16.3 Å². The van der Waals surface area contributed by atoms with E-state index in [2.05, 4.69) is 9.97 Å². The Morgan fingerprint density at radius 1 is 1.25 bits per heavy atom. The van der Waals surface area contributed by atoms with Crippen LogP contribution >= 0.6 is 11.6 Å². The summed E-state index contributed by atoms with van der Waals surface area (Å²) in [7, 11) is 0. The summed E-state index contributed by atoms with van der Waals surface area (Å²) in [5, 5.41) is 0.748. The molecule has 1 aromatic heterocycles. The minimum absolute atomic E-state index is 0.748. The molecule has 0 saturated carbocycles. The molecule has 0 amide bonds. The Morgan fingerprint density at radius 2 is 1.81 bits per heavy atom. The van der Waals surface area contributed by atoms with Crippen LogP contribution in [0.2, 0.25) is 5.02 Å². The van der Waals surface area contributed by atoms with Gasteiger partial charge in [0.15, 0.2) is 0 Å². The summed E-state index contributed by atoms with van der Waals surface area (Å²) in [6, 6.07) is 7.63. The zero-order valence-electron chi connectivity index (χ0n) is 7.86. The average molecular weight is 265 g/mol. The predicted octanol–water partition coefficient (Wildman–Crippen LogP) is 3.23. The second-order valence-corrected chi connectivity index (χ2v) is 3.46. The molecule has 2 rings (SSSR count). The third-order valence-corrected chi connectivity index (χ3v) is 1.91. The maximum atomic E-state index is 9.81. The standard InChI is InChI=1S/C9H7ClN2.F2OS/c10-8-3-1-7(2-4-8)9-5-11-6-12-9;1-4(2)3/h1-6H,(H,11,12);. The summed E-state index contributed by atoms with van der Waals surface area (Å²) < 4.78 is 27.8. The van der Waals surface area contributed by atoms with Gasteiger partial charge in [-0.15, -0.1) is 0 Å². The highest BCUT2D eigenvalue weighted by Gasteiger charge is 1.96. The fraction of sp³-hybridized carbons (Fsp3) is 0. The van der Waals surface area contributed by atoms with Crippen molar-refractivity contribution in [3.63, 3.8) is 0 Å². The molecule has 0 bridgehead atoms. The fourth-order valence-corrected chi connectivity index (χ4v) is 1.17. The van der Waals surface area contributed by atoms with Crippen molar-refractivity contribution >= 4 is 23.2 Å². The van der Waals surface area contributed by atoms with Crippen molar-refractivity contribution in [3.8, 4) is 11.3 Å². The van der Waals surface area contributed by atoms with Gasteiger partial charge in [-0.1, -0.05) is 31.5 Å². The van der Waals surface area contributed by atoms with Crippen LogP contribution in [0.1, 0.15) is 0 Å². The number of halogens is 3. The molecule has 0 spiro atoms. The lowest BCUT2D eigenvalue weighted by Crippen LogP contribution is -1.74. The smallest absolute Gasteiger partial charge is 0.345 e. The van der Waals surface area contributed by atoms with Crippen LogP contribution in [0.5, 0.6) is 0 Å². The molecule has 2 aromatic rings. The van der Waals surface area contributed by atoms with E-state index in [1.807, 2.05) is 24.3 Å². The Balaban J connectivity index is 0.000000280. The third-order valence-electron chi connectivity index (χ3n) is 1.65. The van der Waals surface area contributed by atoms with Gasteiger partial charge in [0.1, 0.15) is 0 Å². The molecule has 86 valence electrons. The number of hydrogen-bond donors (Lipinski definition) is 1. The van der Waals surface area contributed by atoms with Gasteiger partial charge in [0.05, 0.1) is 18.2 Å². The van der Waals surface area contributed by atoms with Gasteiger partial charge in [0.25, 0.3) is 0 Å². The molecular formula is C9H7ClF2N2OS. The maximum Gasteiger partial charge on any atom is 0.385 e. The Kier molecular flexibility index (Phi) is 5.07. The molecule has 0 aliphatic rings. The molecule has 1 heterocycles. The molecular weight excluding hydrogens is 258 g/mol. The van der Waals surface area contributed by atoms with E-state index in [1.54, 1.807) is 12.5 Å². The topological polar surface area (TPSA) is 45.8 Å². The van der Waals surface area contributed by atoms with Crippen molar-refractivity contribution < 1.29 is 12.0 Å². The minimum Gasteiger partial charge on any atom is -0.345 e. The van der Waals surface area contributed by atoms with Gasteiger partial charge in [-0.3, -0.25) is 0 Å². The van der Waals surface area contributed by atoms with Gasteiger partial charge in [-0.05, 0) is 17.7 Å². The van der Waals surface area contributed by atoms with Gasteiger partial charge >= 0.3 is 11.6 Å². The summed E-state index contributed by atoms with van der Waals surface area (Å²) in [5.74, 6) is 0. The van der Waals surface area contributed by atoms with Crippen molar-refractivity contribution in [1.29, 1.82) is 0 Å². The monoisotopic (exact) mass is 264 g/mol. The van der Waals surface area contributed by atoms with Crippen LogP contribution in [0.15, 0.2) is 36.8 Å². The van der Waals surface area contributed by atoms with E-state index in [0.29, 0.717) is 0 Å². The molecule has 0 fully saturated rings.